The monoisotopic (exact) mass is 452 g/mol. The van der Waals surface area contributed by atoms with Crippen molar-refractivity contribution in [1.82, 2.24) is 9.97 Å². The van der Waals surface area contributed by atoms with Gasteiger partial charge in [0.25, 0.3) is 5.56 Å². The normalized spacial score (nSPS) is 10.9. The van der Waals surface area contributed by atoms with E-state index < -0.39 is 5.97 Å². The first kappa shape index (κ1) is 23.2. The number of hydrogen-bond acceptors (Lipinski definition) is 3. The van der Waals surface area contributed by atoms with Gasteiger partial charge in [-0.3, -0.25) is 4.79 Å². The van der Waals surface area contributed by atoms with E-state index in [1.807, 2.05) is 60.7 Å². The molecule has 172 valence electrons. The van der Waals surface area contributed by atoms with Gasteiger partial charge in [-0.15, -0.1) is 0 Å². The zero-order valence-corrected chi connectivity index (χ0v) is 19.3. The molecule has 0 radical (unpaired) electrons. The van der Waals surface area contributed by atoms with Gasteiger partial charge in [-0.05, 0) is 41.2 Å². The summed E-state index contributed by atoms with van der Waals surface area (Å²) in [5.41, 5.74) is 5.34. The van der Waals surface area contributed by atoms with Crippen molar-refractivity contribution in [2.45, 2.75) is 39.0 Å². The number of nitrogens with one attached hydrogen (secondary N) is 1. The summed E-state index contributed by atoms with van der Waals surface area (Å²) in [6.07, 6.45) is 3.83. The number of aromatic amines is 1. The van der Waals surface area contributed by atoms with Crippen LogP contribution < -0.4 is 5.56 Å². The van der Waals surface area contributed by atoms with Gasteiger partial charge in [0, 0.05) is 18.4 Å². The predicted octanol–water partition coefficient (Wildman–Crippen LogP) is 5.66. The minimum atomic E-state index is -0.951. The van der Waals surface area contributed by atoms with E-state index in [1.54, 1.807) is 18.2 Å². The number of nitrogens with zero attached hydrogens (tertiary/aromatic N) is 1. The summed E-state index contributed by atoms with van der Waals surface area (Å²) in [5, 5.41) is 9.48. The second-order valence-corrected chi connectivity index (χ2v) is 8.43. The molecule has 0 fully saturated rings. The van der Waals surface area contributed by atoms with Gasteiger partial charge in [-0.1, -0.05) is 86.1 Å². The van der Waals surface area contributed by atoms with Crippen LogP contribution in [0.15, 0.2) is 83.7 Å². The molecule has 2 N–H and O–H groups in total. The van der Waals surface area contributed by atoms with Gasteiger partial charge in [0.05, 0.1) is 11.3 Å². The molecule has 0 aliphatic heterocycles. The summed E-state index contributed by atoms with van der Waals surface area (Å²) in [6, 6.07) is 24.7. The van der Waals surface area contributed by atoms with Gasteiger partial charge in [-0.25, -0.2) is 9.78 Å². The van der Waals surface area contributed by atoms with Crippen molar-refractivity contribution >= 4 is 5.97 Å². The third-order valence-electron chi connectivity index (χ3n) is 5.94. The lowest BCUT2D eigenvalue weighted by Gasteiger charge is -2.12. The number of aromatic nitrogens is 2. The third-order valence-corrected chi connectivity index (χ3v) is 5.94. The van der Waals surface area contributed by atoms with Gasteiger partial charge in [0.2, 0.25) is 0 Å². The average molecular weight is 453 g/mol. The highest BCUT2D eigenvalue weighted by atomic mass is 16.4. The van der Waals surface area contributed by atoms with Crippen molar-refractivity contribution in [3.05, 3.63) is 123 Å². The van der Waals surface area contributed by atoms with Crippen molar-refractivity contribution in [3.8, 4) is 11.1 Å². The molecule has 4 rings (SSSR count). The zero-order chi connectivity index (χ0) is 23.9. The molecular weight excluding hydrogens is 424 g/mol. The summed E-state index contributed by atoms with van der Waals surface area (Å²) >= 11 is 0. The van der Waals surface area contributed by atoms with Crippen LogP contribution in [0.5, 0.6) is 0 Å². The molecule has 1 aromatic heterocycles. The molecule has 0 bridgehead atoms. The number of hydrogen-bond donors (Lipinski definition) is 2. The smallest absolute Gasteiger partial charge is 0.336 e. The van der Waals surface area contributed by atoms with Crippen LogP contribution >= 0.6 is 0 Å². The van der Waals surface area contributed by atoms with Crippen molar-refractivity contribution in [3.63, 3.8) is 0 Å². The van der Waals surface area contributed by atoms with Crippen molar-refractivity contribution in [2.24, 2.45) is 0 Å². The Morgan fingerprint density at radius 3 is 2.26 bits per heavy atom. The van der Waals surface area contributed by atoms with Crippen LogP contribution in [0.25, 0.3) is 11.1 Å². The molecular formula is C29H28N2O3. The highest BCUT2D eigenvalue weighted by Crippen LogP contribution is 2.25. The fourth-order valence-electron chi connectivity index (χ4n) is 4.13. The number of carboxylic acid groups (broad SMARTS) is 1. The number of benzene rings is 3. The maximum absolute atomic E-state index is 13.1. The standard InChI is InChI=1S/C29H28N2O3/c1-2-3-13-26-25(28(32)31-27(30-26)19-20-9-5-4-6-10-20)18-21-14-16-22(17-15-21)23-11-7-8-12-24(23)29(33)34/h4-12,14-17H,2-3,13,18-19H2,1H3,(H,33,34)(H,30,31,32). The first-order chi connectivity index (χ1) is 16.5. The second-order valence-electron chi connectivity index (χ2n) is 8.43. The lowest BCUT2D eigenvalue weighted by molar-refractivity contribution is 0.0697. The van der Waals surface area contributed by atoms with E-state index in [1.165, 1.54) is 0 Å². The molecule has 5 heteroatoms. The molecule has 1 heterocycles. The van der Waals surface area contributed by atoms with E-state index in [4.69, 9.17) is 4.98 Å². The fraction of sp³-hybridized carbons (Fsp3) is 0.207. The van der Waals surface area contributed by atoms with Gasteiger partial charge in [0.15, 0.2) is 0 Å². The molecule has 0 spiro atoms. The van der Waals surface area contributed by atoms with Crippen LogP contribution in [0.3, 0.4) is 0 Å². The quantitative estimate of drug-likeness (QED) is 0.343. The van der Waals surface area contributed by atoms with Crippen LogP contribution in [0.4, 0.5) is 0 Å². The molecule has 0 amide bonds. The van der Waals surface area contributed by atoms with E-state index in [0.29, 0.717) is 29.8 Å². The molecule has 34 heavy (non-hydrogen) atoms. The van der Waals surface area contributed by atoms with Crippen LogP contribution in [-0.2, 0) is 19.3 Å². The number of aromatic carboxylic acids is 1. The van der Waals surface area contributed by atoms with E-state index in [9.17, 15) is 14.7 Å². The molecule has 4 aromatic rings. The highest BCUT2D eigenvalue weighted by molar-refractivity contribution is 5.95. The Labute approximate surface area is 199 Å². The topological polar surface area (TPSA) is 83.0 Å². The molecule has 0 aliphatic rings. The summed E-state index contributed by atoms with van der Waals surface area (Å²) in [6.45, 7) is 2.13. The SMILES string of the molecule is CCCCc1nc(Cc2ccccc2)[nH]c(=O)c1Cc1ccc(-c2ccccc2C(=O)O)cc1. The van der Waals surface area contributed by atoms with Gasteiger partial charge >= 0.3 is 5.97 Å². The Balaban J connectivity index is 1.61. The first-order valence-electron chi connectivity index (χ1n) is 11.6. The minimum Gasteiger partial charge on any atom is -0.478 e. The van der Waals surface area contributed by atoms with Gasteiger partial charge in [-0.2, -0.15) is 0 Å². The number of carboxylic acids is 1. The zero-order valence-electron chi connectivity index (χ0n) is 19.3. The Bertz CT molecular complexity index is 1330. The summed E-state index contributed by atoms with van der Waals surface area (Å²) in [4.78, 5) is 32.5. The summed E-state index contributed by atoms with van der Waals surface area (Å²) in [7, 11) is 0. The Morgan fingerprint density at radius 2 is 1.56 bits per heavy atom. The fourth-order valence-corrected chi connectivity index (χ4v) is 4.13. The Kier molecular flexibility index (Phi) is 7.33. The number of aryl methyl sites for hydroxylation is 1. The van der Waals surface area contributed by atoms with E-state index >= 15 is 0 Å². The van der Waals surface area contributed by atoms with Gasteiger partial charge in [0.1, 0.15) is 5.82 Å². The maximum atomic E-state index is 13.1. The largest absolute Gasteiger partial charge is 0.478 e. The average Bonchev–Trinajstić information content (AvgIpc) is 2.85. The van der Waals surface area contributed by atoms with Crippen molar-refractivity contribution < 1.29 is 9.90 Å². The summed E-state index contributed by atoms with van der Waals surface area (Å²) in [5.74, 6) is -0.264. The lowest BCUT2D eigenvalue weighted by atomic mass is 9.96. The third kappa shape index (κ3) is 5.49. The number of unbranched alkanes of at least 4 members (excludes halogenated alkanes) is 1. The van der Waals surface area contributed by atoms with Crippen LogP contribution in [0, 0.1) is 0 Å². The highest BCUT2D eigenvalue weighted by Gasteiger charge is 2.14. The molecule has 0 aliphatic carbocycles. The molecule has 0 saturated heterocycles. The first-order valence-corrected chi connectivity index (χ1v) is 11.6. The van der Waals surface area contributed by atoms with Crippen molar-refractivity contribution in [1.29, 1.82) is 0 Å². The summed E-state index contributed by atoms with van der Waals surface area (Å²) < 4.78 is 0. The van der Waals surface area contributed by atoms with Gasteiger partial charge < -0.3 is 10.1 Å². The number of H-pyrrole nitrogens is 1. The van der Waals surface area contributed by atoms with Crippen molar-refractivity contribution in [2.75, 3.05) is 0 Å². The van der Waals surface area contributed by atoms with Crippen LogP contribution in [0.2, 0.25) is 0 Å². The van der Waals surface area contributed by atoms with Crippen LogP contribution in [-0.4, -0.2) is 21.0 Å². The molecule has 0 atom stereocenters. The minimum absolute atomic E-state index is 0.0904. The second kappa shape index (κ2) is 10.8. The van der Waals surface area contributed by atoms with Crippen LogP contribution in [0.1, 0.15) is 58.3 Å². The maximum Gasteiger partial charge on any atom is 0.336 e. The molecule has 0 unspecified atom stereocenters. The van der Waals surface area contributed by atoms with E-state index in [0.717, 1.165) is 41.6 Å². The molecule has 5 nitrogen and oxygen atoms in total. The molecule has 3 aromatic carbocycles. The number of rotatable bonds is 9. The molecule has 0 saturated carbocycles. The number of carbonyl (C=O) groups is 1. The lowest BCUT2D eigenvalue weighted by Crippen LogP contribution is -2.21. The Morgan fingerprint density at radius 1 is 0.882 bits per heavy atom. The predicted molar refractivity (Wildman–Crippen MR) is 134 cm³/mol. The van der Waals surface area contributed by atoms with E-state index in [-0.39, 0.29) is 11.1 Å². The Hall–Kier alpha value is -3.99. The van der Waals surface area contributed by atoms with E-state index in [2.05, 4.69) is 11.9 Å².